The van der Waals surface area contributed by atoms with Crippen molar-refractivity contribution < 1.29 is 0 Å². The quantitative estimate of drug-likeness (QED) is 0.283. The maximum atomic E-state index is 2.60. The standard InChI is InChI=1S/C10H21N.C9H20N2.C9H19N.C8H17N.C6H13N.C2H6/c1-10(2,3)9-11-7-5-4-6-8-11;1-9(2,3)11-7-5-10(4)6-8-11;1-9(2,3)10-7-5-4-6-8-10;1-8(2,3)9-6-4-5-7-9;1-2-7-5-3-4-6-7;1-2/h4-9H2,1-3H3;5-8H2,1-4H3;4-8H2,1-3H3;4-7H2,1-3H3;2-6H2,1H3;1-2H3. The third-order valence-corrected chi connectivity index (χ3v) is 10.6. The highest BCUT2D eigenvalue weighted by Crippen LogP contribution is 2.21. The molecule has 0 saturated carbocycles. The van der Waals surface area contributed by atoms with Gasteiger partial charge >= 0.3 is 0 Å². The van der Waals surface area contributed by atoms with Crippen molar-refractivity contribution in [3.8, 4) is 0 Å². The Balaban J connectivity index is 0.000000596. The second kappa shape index (κ2) is 25.7. The van der Waals surface area contributed by atoms with Gasteiger partial charge in [0.2, 0.25) is 0 Å². The lowest BCUT2D eigenvalue weighted by atomic mass is 9.95. The van der Waals surface area contributed by atoms with Crippen LogP contribution in [0.25, 0.3) is 0 Å². The van der Waals surface area contributed by atoms with Gasteiger partial charge in [-0.25, -0.2) is 0 Å². The SMILES string of the molecule is CC.CC(C)(C)CN1CCCCC1.CC(C)(C)N1CCCC1.CC(C)(C)N1CCCCC1.CCN1CCCC1.CN1CCN(C(C)(C)C)CC1. The number of nitrogens with zero attached hydrogens (tertiary/aromatic N) is 6. The Hall–Kier alpha value is -0.240. The highest BCUT2D eigenvalue weighted by Gasteiger charge is 2.25. The molecule has 5 fully saturated rings. The molecule has 0 spiro atoms. The maximum Gasteiger partial charge on any atom is 0.0126 e. The van der Waals surface area contributed by atoms with Crippen molar-refractivity contribution in [3.63, 3.8) is 0 Å². The van der Waals surface area contributed by atoms with E-state index in [1.165, 1.54) is 156 Å². The van der Waals surface area contributed by atoms with Gasteiger partial charge in [-0.15, -0.1) is 0 Å². The van der Waals surface area contributed by atoms with E-state index in [0.29, 0.717) is 22.0 Å². The molecule has 5 aliphatic heterocycles. The van der Waals surface area contributed by atoms with Crippen LogP contribution < -0.4 is 0 Å². The number of hydrogen-bond acceptors (Lipinski definition) is 6. The summed E-state index contributed by atoms with van der Waals surface area (Å²) >= 11 is 0. The summed E-state index contributed by atoms with van der Waals surface area (Å²) in [5, 5.41) is 0. The monoisotopic (exact) mass is 709 g/mol. The zero-order valence-corrected chi connectivity index (χ0v) is 37.7. The molecule has 5 saturated heterocycles. The Morgan fingerprint density at radius 1 is 0.360 bits per heavy atom. The summed E-state index contributed by atoms with van der Waals surface area (Å²) in [6.45, 7) is 51.8. The summed E-state index contributed by atoms with van der Waals surface area (Å²) in [7, 11) is 2.19. The summed E-state index contributed by atoms with van der Waals surface area (Å²) in [5.74, 6) is 0. The van der Waals surface area contributed by atoms with Gasteiger partial charge in [-0.2, -0.15) is 0 Å². The molecule has 6 heteroatoms. The van der Waals surface area contributed by atoms with E-state index in [1.54, 1.807) is 0 Å². The second-order valence-electron chi connectivity index (χ2n) is 19.6. The lowest BCUT2D eigenvalue weighted by Gasteiger charge is -2.41. The van der Waals surface area contributed by atoms with Gasteiger partial charge in [-0.1, -0.05) is 54.4 Å². The van der Waals surface area contributed by atoms with Crippen LogP contribution in [-0.4, -0.2) is 145 Å². The van der Waals surface area contributed by atoms with Crippen molar-refractivity contribution in [3.05, 3.63) is 0 Å². The molecule has 6 nitrogen and oxygen atoms in total. The molecule has 0 radical (unpaired) electrons. The van der Waals surface area contributed by atoms with Crippen LogP contribution in [0.4, 0.5) is 0 Å². The van der Waals surface area contributed by atoms with Gasteiger partial charge in [0.25, 0.3) is 0 Å². The molecule has 50 heavy (non-hydrogen) atoms. The lowest BCUT2D eigenvalue weighted by Crippen LogP contribution is -2.52. The fourth-order valence-corrected chi connectivity index (χ4v) is 7.32. The summed E-state index contributed by atoms with van der Waals surface area (Å²) in [6.07, 6.45) is 14.2. The molecular weight excluding hydrogens is 613 g/mol. The number of hydrogen-bond donors (Lipinski definition) is 0. The molecule has 5 aliphatic rings. The fourth-order valence-electron chi connectivity index (χ4n) is 7.32. The molecule has 0 unspecified atom stereocenters. The van der Waals surface area contributed by atoms with E-state index >= 15 is 0 Å². The van der Waals surface area contributed by atoms with Crippen molar-refractivity contribution in [2.24, 2.45) is 5.41 Å². The Kier molecular flexibility index (Phi) is 25.6. The molecule has 0 atom stereocenters. The molecule has 0 amide bonds. The summed E-state index contributed by atoms with van der Waals surface area (Å²) < 4.78 is 0. The second-order valence-corrected chi connectivity index (χ2v) is 19.6. The highest BCUT2D eigenvalue weighted by atomic mass is 15.3. The summed E-state index contributed by atoms with van der Waals surface area (Å²) in [5.41, 5.74) is 1.66. The van der Waals surface area contributed by atoms with Crippen LogP contribution >= 0.6 is 0 Å². The van der Waals surface area contributed by atoms with Crippen LogP contribution in [-0.2, 0) is 0 Å². The van der Waals surface area contributed by atoms with Crippen LogP contribution in [0.2, 0.25) is 0 Å². The van der Waals surface area contributed by atoms with Crippen molar-refractivity contribution >= 4 is 0 Å². The van der Waals surface area contributed by atoms with Crippen molar-refractivity contribution in [2.75, 3.05) is 98.7 Å². The molecule has 5 heterocycles. The third-order valence-electron chi connectivity index (χ3n) is 10.6. The van der Waals surface area contributed by atoms with Gasteiger partial charge in [0.05, 0.1) is 0 Å². The average Bonchev–Trinajstić information content (AvgIpc) is 3.79. The van der Waals surface area contributed by atoms with Gasteiger partial charge in [0.15, 0.2) is 0 Å². The predicted octanol–water partition coefficient (Wildman–Crippen LogP) is 9.83. The zero-order valence-electron chi connectivity index (χ0n) is 37.7. The first-order valence-corrected chi connectivity index (χ1v) is 21.6. The minimum absolute atomic E-state index is 0.362. The predicted molar refractivity (Wildman–Crippen MR) is 227 cm³/mol. The van der Waals surface area contributed by atoms with Gasteiger partial charge < -0.3 is 14.7 Å². The molecule has 0 N–H and O–H groups in total. The van der Waals surface area contributed by atoms with Gasteiger partial charge in [-0.05, 0) is 185 Å². The Bertz CT molecular complexity index is 754. The van der Waals surface area contributed by atoms with E-state index in [-0.39, 0.29) is 0 Å². The van der Waals surface area contributed by atoms with E-state index in [4.69, 9.17) is 0 Å². The number of piperidine rings is 2. The lowest BCUT2D eigenvalue weighted by molar-refractivity contribution is 0.0735. The molecular formula is C44H96N6. The topological polar surface area (TPSA) is 19.4 Å². The highest BCUT2D eigenvalue weighted by molar-refractivity contribution is 4.81. The van der Waals surface area contributed by atoms with Crippen LogP contribution in [0.3, 0.4) is 0 Å². The van der Waals surface area contributed by atoms with Gasteiger partial charge in [0, 0.05) is 49.3 Å². The zero-order chi connectivity index (χ0) is 38.4. The molecule has 0 aromatic rings. The molecule has 0 aromatic heterocycles. The summed E-state index contributed by atoms with van der Waals surface area (Å²) in [4.78, 5) is 15.2. The average molecular weight is 709 g/mol. The number of rotatable bonds is 2. The van der Waals surface area contributed by atoms with E-state index in [2.05, 4.69) is 126 Å². The Morgan fingerprint density at radius 2 is 0.640 bits per heavy atom. The molecule has 0 aromatic carbocycles. The van der Waals surface area contributed by atoms with E-state index in [1.807, 2.05) is 13.8 Å². The molecule has 5 rings (SSSR count). The fraction of sp³-hybridized carbons (Fsp3) is 1.00. The number of likely N-dealkylation sites (N-methyl/N-ethyl adjacent to an activating group) is 1. The smallest absolute Gasteiger partial charge is 0.0126 e. The van der Waals surface area contributed by atoms with E-state index in [9.17, 15) is 0 Å². The van der Waals surface area contributed by atoms with Crippen LogP contribution in [0.1, 0.15) is 168 Å². The van der Waals surface area contributed by atoms with Crippen molar-refractivity contribution in [2.45, 2.75) is 185 Å². The van der Waals surface area contributed by atoms with E-state index in [0.717, 1.165) is 0 Å². The first-order chi connectivity index (χ1) is 23.2. The largest absolute Gasteiger partial charge is 0.304 e. The first-order valence-electron chi connectivity index (χ1n) is 21.6. The maximum absolute atomic E-state index is 2.60. The molecule has 302 valence electrons. The molecule has 0 aliphatic carbocycles. The Labute approximate surface area is 317 Å². The van der Waals surface area contributed by atoms with Crippen LogP contribution in [0.5, 0.6) is 0 Å². The Morgan fingerprint density at radius 3 is 0.920 bits per heavy atom. The van der Waals surface area contributed by atoms with Gasteiger partial charge in [-0.3, -0.25) is 14.7 Å². The van der Waals surface area contributed by atoms with E-state index < -0.39 is 0 Å². The number of piperazine rings is 1. The minimum atomic E-state index is 0.362. The van der Waals surface area contributed by atoms with Crippen LogP contribution in [0.15, 0.2) is 0 Å². The third kappa shape index (κ3) is 24.9. The van der Waals surface area contributed by atoms with Crippen LogP contribution in [0, 0.1) is 5.41 Å². The molecule has 0 bridgehead atoms. The van der Waals surface area contributed by atoms with Gasteiger partial charge in [0.1, 0.15) is 0 Å². The normalized spacial score (nSPS) is 22.3. The first kappa shape index (κ1) is 49.8. The minimum Gasteiger partial charge on any atom is -0.304 e. The van der Waals surface area contributed by atoms with Crippen molar-refractivity contribution in [1.82, 2.24) is 29.4 Å². The van der Waals surface area contributed by atoms with Crippen molar-refractivity contribution in [1.29, 1.82) is 0 Å². The number of likely N-dealkylation sites (tertiary alicyclic amines) is 4. The summed E-state index contributed by atoms with van der Waals surface area (Å²) in [6, 6.07) is 0.